The molecule has 0 spiro atoms. The summed E-state index contributed by atoms with van der Waals surface area (Å²) < 4.78 is 5.32. The van der Waals surface area contributed by atoms with E-state index in [0.29, 0.717) is 11.3 Å². The molecule has 0 unspecified atom stereocenters. The molecule has 0 fully saturated rings. The molecule has 85 valence electrons. The second-order valence-electron chi connectivity index (χ2n) is 2.92. The van der Waals surface area contributed by atoms with Crippen LogP contribution in [0.4, 0.5) is 5.69 Å². The van der Waals surface area contributed by atoms with Gasteiger partial charge in [-0.2, -0.15) is 0 Å². The molecule has 0 amide bonds. The zero-order valence-corrected chi connectivity index (χ0v) is 10.7. The number of rotatable bonds is 4. The average Bonchev–Trinajstić information content (AvgIpc) is 2.28. The van der Waals surface area contributed by atoms with Crippen LogP contribution in [-0.2, 0) is 9.53 Å². The molecule has 0 aliphatic heterocycles. The van der Waals surface area contributed by atoms with E-state index in [1.807, 2.05) is 30.3 Å². The van der Waals surface area contributed by atoms with E-state index in [9.17, 15) is 4.79 Å². The standard InChI is InChI=1S/C11H13N2O2Se/c1-2-15-10(14)8-12-11(16)13-9-6-4-3-5-7-9/h3-7H,2,8H2,1H3,(H,12,13). The van der Waals surface area contributed by atoms with Crippen LogP contribution in [0.25, 0.3) is 0 Å². The summed E-state index contributed by atoms with van der Waals surface area (Å²) in [7, 11) is 0. The molecular weight excluding hydrogens is 271 g/mol. The number of carbonyl (C=O) groups excluding carboxylic acids is 1. The molecule has 4 nitrogen and oxygen atoms in total. The van der Waals surface area contributed by atoms with Gasteiger partial charge in [0.05, 0.1) is 0 Å². The van der Waals surface area contributed by atoms with Crippen molar-refractivity contribution >= 4 is 32.4 Å². The first-order valence-electron chi connectivity index (χ1n) is 4.91. The first kappa shape index (κ1) is 12.7. The number of hydrogen-bond donors (Lipinski definition) is 1. The first-order chi connectivity index (χ1) is 7.72. The van der Waals surface area contributed by atoms with Gasteiger partial charge in [0.25, 0.3) is 0 Å². The Kier molecular flexibility index (Phi) is 5.61. The number of carbonyl (C=O) groups is 1. The molecule has 1 N–H and O–H groups in total. The summed E-state index contributed by atoms with van der Waals surface area (Å²) in [5, 5.41) is 3.03. The van der Waals surface area contributed by atoms with Crippen molar-refractivity contribution in [1.82, 2.24) is 0 Å². The number of benzene rings is 1. The Hall–Kier alpha value is -1.32. The van der Waals surface area contributed by atoms with Crippen LogP contribution in [0.5, 0.6) is 0 Å². The number of aliphatic imine (C=N–C) groups is 1. The van der Waals surface area contributed by atoms with Crippen LogP contribution in [0.1, 0.15) is 6.92 Å². The van der Waals surface area contributed by atoms with Crippen LogP contribution < -0.4 is 5.32 Å². The van der Waals surface area contributed by atoms with Crippen molar-refractivity contribution in [2.75, 3.05) is 18.5 Å². The van der Waals surface area contributed by atoms with Crippen molar-refractivity contribution < 1.29 is 9.53 Å². The zero-order chi connectivity index (χ0) is 11.8. The van der Waals surface area contributed by atoms with Crippen molar-refractivity contribution in [2.45, 2.75) is 6.92 Å². The van der Waals surface area contributed by atoms with Crippen LogP contribution in [0, 0.1) is 0 Å². The van der Waals surface area contributed by atoms with Gasteiger partial charge < -0.3 is 0 Å². The fourth-order valence-corrected chi connectivity index (χ4v) is 1.41. The summed E-state index contributed by atoms with van der Waals surface area (Å²) in [6, 6.07) is 9.59. The Morgan fingerprint density at radius 1 is 1.44 bits per heavy atom. The molecule has 0 aliphatic rings. The SMILES string of the molecule is CCOC(=O)CN=C([Se])Nc1ccccc1. The number of nitrogens with zero attached hydrogens (tertiary/aromatic N) is 1. The van der Waals surface area contributed by atoms with Crippen molar-refractivity contribution in [1.29, 1.82) is 0 Å². The minimum atomic E-state index is -0.329. The number of nitrogens with one attached hydrogen (secondary N) is 1. The molecule has 5 heteroatoms. The molecule has 0 saturated carbocycles. The molecule has 0 aliphatic carbocycles. The van der Waals surface area contributed by atoms with Gasteiger partial charge in [0.2, 0.25) is 0 Å². The first-order valence-corrected chi connectivity index (χ1v) is 5.77. The van der Waals surface area contributed by atoms with Gasteiger partial charge in [-0.15, -0.1) is 0 Å². The van der Waals surface area contributed by atoms with Crippen LogP contribution in [0.2, 0.25) is 0 Å². The second kappa shape index (κ2) is 7.04. The van der Waals surface area contributed by atoms with E-state index in [2.05, 4.69) is 26.3 Å². The Labute approximate surface area is 103 Å². The normalized spacial score (nSPS) is 10.9. The Bertz CT molecular complexity index is 366. The number of esters is 1. The monoisotopic (exact) mass is 285 g/mol. The molecule has 1 aromatic rings. The summed E-state index contributed by atoms with van der Waals surface area (Å²) in [5.41, 5.74) is 0.920. The summed E-state index contributed by atoms with van der Waals surface area (Å²) in [6.07, 6.45) is 0. The molecule has 0 heterocycles. The second-order valence-corrected chi connectivity index (χ2v) is 3.73. The fourth-order valence-electron chi connectivity index (χ4n) is 1.03. The van der Waals surface area contributed by atoms with Gasteiger partial charge >= 0.3 is 103 Å². The van der Waals surface area contributed by atoms with Crippen molar-refractivity contribution in [3.05, 3.63) is 30.3 Å². The van der Waals surface area contributed by atoms with E-state index in [-0.39, 0.29) is 12.5 Å². The molecule has 0 aromatic heterocycles. The van der Waals surface area contributed by atoms with Gasteiger partial charge in [-0.05, 0) is 0 Å². The zero-order valence-electron chi connectivity index (χ0n) is 8.97. The van der Waals surface area contributed by atoms with Crippen LogP contribution in [-0.4, -0.2) is 39.9 Å². The number of anilines is 1. The molecule has 0 saturated heterocycles. The number of para-hydroxylation sites is 1. The summed E-state index contributed by atoms with van der Waals surface area (Å²) >= 11 is 2.75. The molecule has 1 rings (SSSR count). The van der Waals surface area contributed by atoms with E-state index in [0.717, 1.165) is 5.69 Å². The maximum atomic E-state index is 11.0. The van der Waals surface area contributed by atoms with Crippen molar-refractivity contribution in [3.8, 4) is 0 Å². The van der Waals surface area contributed by atoms with Gasteiger partial charge in [0.15, 0.2) is 0 Å². The van der Waals surface area contributed by atoms with Gasteiger partial charge in [-0.1, -0.05) is 0 Å². The van der Waals surface area contributed by atoms with E-state index in [4.69, 9.17) is 4.74 Å². The quantitative estimate of drug-likeness (QED) is 0.391. The molecular formula is C11H13N2O2Se. The van der Waals surface area contributed by atoms with E-state index < -0.39 is 0 Å². The third-order valence-corrected chi connectivity index (χ3v) is 2.17. The summed E-state index contributed by atoms with van der Waals surface area (Å²) in [4.78, 5) is 15.0. The van der Waals surface area contributed by atoms with Crippen LogP contribution in [0.3, 0.4) is 0 Å². The minimum absolute atomic E-state index is 0.0238. The van der Waals surface area contributed by atoms with E-state index in [1.165, 1.54) is 0 Å². The Morgan fingerprint density at radius 3 is 2.75 bits per heavy atom. The third-order valence-electron chi connectivity index (χ3n) is 1.68. The van der Waals surface area contributed by atoms with Crippen molar-refractivity contribution in [3.63, 3.8) is 0 Å². The van der Waals surface area contributed by atoms with Crippen LogP contribution >= 0.6 is 0 Å². The fraction of sp³-hybridized carbons (Fsp3) is 0.273. The number of ether oxygens (including phenoxy) is 1. The molecule has 1 aromatic carbocycles. The summed E-state index contributed by atoms with van der Waals surface area (Å²) in [6.45, 7) is 2.17. The Morgan fingerprint density at radius 2 is 2.12 bits per heavy atom. The van der Waals surface area contributed by atoms with E-state index in [1.54, 1.807) is 6.92 Å². The topological polar surface area (TPSA) is 50.7 Å². The predicted molar refractivity (Wildman–Crippen MR) is 64.8 cm³/mol. The number of hydrogen-bond acceptors (Lipinski definition) is 3. The molecule has 0 atom stereocenters. The van der Waals surface area contributed by atoms with E-state index >= 15 is 0 Å². The summed E-state index contributed by atoms with van der Waals surface area (Å²) in [5.74, 6) is -0.329. The third kappa shape index (κ3) is 4.96. The van der Waals surface area contributed by atoms with Gasteiger partial charge in [-0.25, -0.2) is 0 Å². The molecule has 0 bridgehead atoms. The molecule has 1 radical (unpaired) electrons. The Balaban J connectivity index is 2.43. The maximum absolute atomic E-state index is 11.0. The predicted octanol–water partition coefficient (Wildman–Crippen LogP) is 1.19. The van der Waals surface area contributed by atoms with Crippen LogP contribution in [0.15, 0.2) is 35.3 Å². The number of amidine groups is 1. The molecule has 16 heavy (non-hydrogen) atoms. The average molecular weight is 284 g/mol. The van der Waals surface area contributed by atoms with Gasteiger partial charge in [0, 0.05) is 0 Å². The van der Waals surface area contributed by atoms with Crippen molar-refractivity contribution in [2.24, 2.45) is 4.99 Å². The van der Waals surface area contributed by atoms with Gasteiger partial charge in [-0.3, -0.25) is 0 Å². The van der Waals surface area contributed by atoms with Gasteiger partial charge in [0.1, 0.15) is 0 Å².